The molecule has 0 radical (unpaired) electrons. The Balaban J connectivity index is 2.46. The Morgan fingerprint density at radius 2 is 2.33 bits per heavy atom. The standard InChI is InChI=1S/C8H17N5OS/c1-6(5-14-3)13(2)4-7-11-12-8(10-9)15-7/h6H,4-5,9H2,1-3H3,(H,10,12). The first-order valence-electron chi connectivity index (χ1n) is 4.65. The van der Waals surface area contributed by atoms with E-state index in [-0.39, 0.29) is 0 Å². The van der Waals surface area contributed by atoms with Gasteiger partial charge in [-0.05, 0) is 14.0 Å². The van der Waals surface area contributed by atoms with Crippen molar-refractivity contribution in [1.29, 1.82) is 0 Å². The molecule has 0 aliphatic rings. The van der Waals surface area contributed by atoms with Crippen LogP contribution >= 0.6 is 11.3 Å². The van der Waals surface area contributed by atoms with E-state index < -0.39 is 0 Å². The van der Waals surface area contributed by atoms with E-state index in [1.54, 1.807) is 7.11 Å². The lowest BCUT2D eigenvalue weighted by atomic mass is 10.3. The van der Waals surface area contributed by atoms with Gasteiger partial charge in [0.1, 0.15) is 5.01 Å². The van der Waals surface area contributed by atoms with Gasteiger partial charge in [0.15, 0.2) is 0 Å². The minimum absolute atomic E-state index is 0.355. The summed E-state index contributed by atoms with van der Waals surface area (Å²) in [6, 6.07) is 0.355. The average molecular weight is 231 g/mol. The molecule has 3 N–H and O–H groups in total. The van der Waals surface area contributed by atoms with Crippen LogP contribution in [0.1, 0.15) is 11.9 Å². The van der Waals surface area contributed by atoms with Crippen LogP contribution in [0, 0.1) is 0 Å². The van der Waals surface area contributed by atoms with Crippen LogP contribution in [0.15, 0.2) is 0 Å². The van der Waals surface area contributed by atoms with Gasteiger partial charge in [-0.15, -0.1) is 10.2 Å². The molecule has 1 aromatic heterocycles. The number of nitrogens with one attached hydrogen (secondary N) is 1. The summed E-state index contributed by atoms with van der Waals surface area (Å²) in [5, 5.41) is 9.46. The Labute approximate surface area is 93.4 Å². The summed E-state index contributed by atoms with van der Waals surface area (Å²) < 4.78 is 5.08. The average Bonchev–Trinajstić information content (AvgIpc) is 2.66. The van der Waals surface area contributed by atoms with Gasteiger partial charge in [-0.25, -0.2) is 5.84 Å². The summed E-state index contributed by atoms with van der Waals surface area (Å²) in [6.45, 7) is 3.56. The molecule has 1 heterocycles. The zero-order valence-electron chi connectivity index (χ0n) is 9.23. The first-order valence-corrected chi connectivity index (χ1v) is 5.47. The normalized spacial score (nSPS) is 13.1. The highest BCUT2D eigenvalue weighted by molar-refractivity contribution is 7.15. The maximum atomic E-state index is 5.23. The fourth-order valence-corrected chi connectivity index (χ4v) is 1.83. The smallest absolute Gasteiger partial charge is 0.219 e. The third-order valence-electron chi connectivity index (χ3n) is 2.14. The van der Waals surface area contributed by atoms with Crippen LogP contribution in [-0.2, 0) is 11.3 Å². The molecule has 15 heavy (non-hydrogen) atoms. The molecule has 86 valence electrons. The molecule has 0 aliphatic carbocycles. The Hall–Kier alpha value is -0.760. The highest BCUT2D eigenvalue weighted by atomic mass is 32.1. The van der Waals surface area contributed by atoms with Gasteiger partial charge >= 0.3 is 0 Å². The molecule has 6 nitrogen and oxygen atoms in total. The third-order valence-corrected chi connectivity index (χ3v) is 2.97. The second-order valence-electron chi connectivity index (χ2n) is 3.36. The zero-order valence-corrected chi connectivity index (χ0v) is 10.0. The molecule has 0 aliphatic heterocycles. The minimum atomic E-state index is 0.355. The molecule has 0 saturated carbocycles. The Morgan fingerprint density at radius 1 is 1.60 bits per heavy atom. The van der Waals surface area contributed by atoms with Crippen LogP contribution in [0.4, 0.5) is 5.13 Å². The van der Waals surface area contributed by atoms with E-state index in [0.29, 0.717) is 17.8 Å². The molecule has 0 amide bonds. The fraction of sp³-hybridized carbons (Fsp3) is 0.750. The molecule has 0 aromatic carbocycles. The number of hydrogen-bond acceptors (Lipinski definition) is 7. The lowest BCUT2D eigenvalue weighted by molar-refractivity contribution is 0.112. The highest BCUT2D eigenvalue weighted by Gasteiger charge is 2.11. The van der Waals surface area contributed by atoms with Gasteiger partial charge in [0, 0.05) is 13.2 Å². The largest absolute Gasteiger partial charge is 0.383 e. The summed E-state index contributed by atoms with van der Waals surface area (Å²) >= 11 is 1.46. The van der Waals surface area contributed by atoms with Crippen LogP contribution < -0.4 is 11.3 Å². The van der Waals surface area contributed by atoms with E-state index in [1.165, 1.54) is 11.3 Å². The van der Waals surface area contributed by atoms with Crippen molar-refractivity contribution < 1.29 is 4.74 Å². The summed E-state index contributed by atoms with van der Waals surface area (Å²) in [6.07, 6.45) is 0. The van der Waals surface area contributed by atoms with Crippen molar-refractivity contribution in [2.45, 2.75) is 19.5 Å². The van der Waals surface area contributed by atoms with Crippen LogP contribution in [-0.4, -0.2) is 41.9 Å². The topological polar surface area (TPSA) is 76.3 Å². The molecule has 1 aromatic rings. The molecule has 7 heteroatoms. The number of hydrazine groups is 1. The van der Waals surface area contributed by atoms with Gasteiger partial charge in [0.2, 0.25) is 5.13 Å². The third kappa shape index (κ3) is 3.71. The lowest BCUT2D eigenvalue weighted by Gasteiger charge is -2.22. The van der Waals surface area contributed by atoms with Crippen LogP contribution in [0.2, 0.25) is 0 Å². The lowest BCUT2D eigenvalue weighted by Crippen LogP contribution is -2.32. The quantitative estimate of drug-likeness (QED) is 0.541. The van der Waals surface area contributed by atoms with Crippen LogP contribution in [0.5, 0.6) is 0 Å². The van der Waals surface area contributed by atoms with Gasteiger partial charge < -0.3 is 4.74 Å². The van der Waals surface area contributed by atoms with E-state index in [9.17, 15) is 0 Å². The van der Waals surface area contributed by atoms with E-state index >= 15 is 0 Å². The molecule has 1 unspecified atom stereocenters. The van der Waals surface area contributed by atoms with Crippen molar-refractivity contribution >= 4 is 16.5 Å². The summed E-state index contributed by atoms with van der Waals surface area (Å²) in [4.78, 5) is 2.16. The molecular weight excluding hydrogens is 214 g/mol. The minimum Gasteiger partial charge on any atom is -0.383 e. The Bertz CT molecular complexity index is 292. The first-order chi connectivity index (χ1) is 7.17. The van der Waals surface area contributed by atoms with Crippen molar-refractivity contribution in [2.24, 2.45) is 5.84 Å². The van der Waals surface area contributed by atoms with E-state index in [4.69, 9.17) is 10.6 Å². The van der Waals surface area contributed by atoms with Crippen LogP contribution in [0.3, 0.4) is 0 Å². The monoisotopic (exact) mass is 231 g/mol. The molecular formula is C8H17N5OS. The predicted octanol–water partition coefficient (Wildman–Crippen LogP) is 0.290. The molecule has 1 atom stereocenters. The maximum absolute atomic E-state index is 5.23. The number of nitrogen functional groups attached to an aromatic ring is 1. The van der Waals surface area contributed by atoms with Crippen molar-refractivity contribution in [1.82, 2.24) is 15.1 Å². The highest BCUT2D eigenvalue weighted by Crippen LogP contribution is 2.15. The van der Waals surface area contributed by atoms with Crippen molar-refractivity contribution in [3.8, 4) is 0 Å². The number of nitrogens with two attached hydrogens (primary N) is 1. The second kappa shape index (κ2) is 5.96. The number of ether oxygens (including phenoxy) is 1. The molecule has 0 bridgehead atoms. The van der Waals surface area contributed by atoms with Crippen LogP contribution in [0.25, 0.3) is 0 Å². The summed E-state index contributed by atoms with van der Waals surface area (Å²) in [5.74, 6) is 5.23. The van der Waals surface area contributed by atoms with Gasteiger partial charge in [-0.2, -0.15) is 0 Å². The fourth-order valence-electron chi connectivity index (χ4n) is 1.11. The van der Waals surface area contributed by atoms with Gasteiger partial charge in [0.05, 0.1) is 13.2 Å². The summed E-state index contributed by atoms with van der Waals surface area (Å²) in [7, 11) is 3.73. The molecule has 0 saturated heterocycles. The van der Waals surface area contributed by atoms with Crippen molar-refractivity contribution in [2.75, 3.05) is 26.2 Å². The number of rotatable bonds is 6. The van der Waals surface area contributed by atoms with E-state index in [1.807, 2.05) is 7.05 Å². The number of aromatic nitrogens is 2. The van der Waals surface area contributed by atoms with Gasteiger partial charge in [-0.3, -0.25) is 10.3 Å². The Morgan fingerprint density at radius 3 is 2.87 bits per heavy atom. The number of nitrogens with zero attached hydrogens (tertiary/aromatic N) is 3. The van der Waals surface area contributed by atoms with E-state index in [0.717, 1.165) is 11.6 Å². The number of likely N-dealkylation sites (N-methyl/N-ethyl adjacent to an activating group) is 1. The molecule has 0 fully saturated rings. The SMILES string of the molecule is COCC(C)N(C)Cc1nnc(NN)s1. The molecule has 1 rings (SSSR count). The number of methoxy groups -OCH3 is 1. The Kier molecular flexibility index (Phi) is 4.89. The van der Waals surface area contributed by atoms with E-state index in [2.05, 4.69) is 27.4 Å². The zero-order chi connectivity index (χ0) is 11.3. The first kappa shape index (κ1) is 12.3. The summed E-state index contributed by atoms with van der Waals surface area (Å²) in [5.41, 5.74) is 2.48. The van der Waals surface area contributed by atoms with Gasteiger partial charge in [-0.1, -0.05) is 11.3 Å². The molecule has 0 spiro atoms. The van der Waals surface area contributed by atoms with Crippen molar-refractivity contribution in [3.63, 3.8) is 0 Å². The second-order valence-corrected chi connectivity index (χ2v) is 4.43. The number of anilines is 1. The van der Waals surface area contributed by atoms with Crippen molar-refractivity contribution in [3.05, 3.63) is 5.01 Å². The predicted molar refractivity (Wildman–Crippen MR) is 60.5 cm³/mol. The number of hydrogen-bond donors (Lipinski definition) is 2. The maximum Gasteiger partial charge on any atom is 0.219 e. The van der Waals surface area contributed by atoms with Gasteiger partial charge in [0.25, 0.3) is 0 Å².